The first-order valence-corrected chi connectivity index (χ1v) is 9.87. The summed E-state index contributed by atoms with van der Waals surface area (Å²) in [6.45, 7) is 0.586. The third kappa shape index (κ3) is 3.72. The average molecular weight is 507 g/mol. The van der Waals surface area contributed by atoms with Gasteiger partial charge in [0, 0.05) is 18.0 Å². The van der Waals surface area contributed by atoms with Gasteiger partial charge in [-0.25, -0.2) is 9.67 Å². The van der Waals surface area contributed by atoms with E-state index in [0.717, 1.165) is 26.0 Å². The Hall–Kier alpha value is -2.52. The van der Waals surface area contributed by atoms with Crippen molar-refractivity contribution in [2.45, 2.75) is 6.54 Å². The first kappa shape index (κ1) is 18.8. The Balaban J connectivity index is 1.70. The molecular formula is C20H16ClIN4O2. The Bertz CT molecular complexity index is 1150. The quantitative estimate of drug-likeness (QED) is 0.300. The molecule has 0 aliphatic heterocycles. The van der Waals surface area contributed by atoms with Crippen molar-refractivity contribution in [3.63, 3.8) is 0 Å². The monoisotopic (exact) mass is 506 g/mol. The van der Waals surface area contributed by atoms with Crippen LogP contribution in [0.25, 0.3) is 11.0 Å². The van der Waals surface area contributed by atoms with Crippen LogP contribution in [-0.2, 0) is 6.54 Å². The van der Waals surface area contributed by atoms with Gasteiger partial charge in [-0.2, -0.15) is 5.10 Å². The molecule has 0 radical (unpaired) electrons. The molecule has 0 amide bonds. The van der Waals surface area contributed by atoms with Crippen molar-refractivity contribution in [3.05, 3.63) is 69.0 Å². The van der Waals surface area contributed by atoms with Crippen molar-refractivity contribution < 1.29 is 9.47 Å². The van der Waals surface area contributed by atoms with Gasteiger partial charge in [0.1, 0.15) is 20.9 Å². The minimum atomic E-state index is 0.450. The van der Waals surface area contributed by atoms with E-state index in [0.29, 0.717) is 28.8 Å². The molecule has 0 saturated heterocycles. The van der Waals surface area contributed by atoms with Crippen LogP contribution < -0.4 is 15.2 Å². The van der Waals surface area contributed by atoms with Gasteiger partial charge in [-0.05, 0) is 58.5 Å². The Morgan fingerprint density at radius 2 is 1.89 bits per heavy atom. The number of anilines is 1. The van der Waals surface area contributed by atoms with Crippen LogP contribution in [0.2, 0.25) is 5.02 Å². The number of rotatable bonds is 5. The van der Waals surface area contributed by atoms with E-state index >= 15 is 0 Å². The summed E-state index contributed by atoms with van der Waals surface area (Å²) in [6.07, 6.45) is 1.70. The molecule has 0 unspecified atom stereocenters. The van der Waals surface area contributed by atoms with Gasteiger partial charge in [0.05, 0.1) is 24.1 Å². The minimum Gasteiger partial charge on any atom is -0.497 e. The van der Waals surface area contributed by atoms with Crippen LogP contribution in [0.1, 0.15) is 5.56 Å². The fourth-order valence-corrected chi connectivity index (χ4v) is 3.84. The summed E-state index contributed by atoms with van der Waals surface area (Å²) >= 11 is 8.44. The van der Waals surface area contributed by atoms with Gasteiger partial charge >= 0.3 is 0 Å². The molecule has 2 N–H and O–H groups in total. The molecule has 2 aromatic carbocycles. The minimum absolute atomic E-state index is 0.450. The summed E-state index contributed by atoms with van der Waals surface area (Å²) in [5.41, 5.74) is 8.17. The first-order valence-electron chi connectivity index (χ1n) is 8.42. The van der Waals surface area contributed by atoms with Crippen LogP contribution in [0.5, 0.6) is 17.2 Å². The van der Waals surface area contributed by atoms with E-state index < -0.39 is 0 Å². The van der Waals surface area contributed by atoms with E-state index in [1.807, 2.05) is 28.9 Å². The van der Waals surface area contributed by atoms with Crippen LogP contribution >= 0.6 is 34.2 Å². The van der Waals surface area contributed by atoms with E-state index in [2.05, 4.69) is 32.7 Å². The Kier molecular flexibility index (Phi) is 5.27. The zero-order valence-electron chi connectivity index (χ0n) is 14.9. The molecule has 4 rings (SSSR count). The van der Waals surface area contributed by atoms with Crippen molar-refractivity contribution in [1.82, 2.24) is 14.8 Å². The molecule has 142 valence electrons. The molecule has 0 aliphatic carbocycles. The highest BCUT2D eigenvalue weighted by atomic mass is 127. The number of ether oxygens (including phenoxy) is 2. The van der Waals surface area contributed by atoms with Crippen LogP contribution in [-0.4, -0.2) is 21.9 Å². The normalized spacial score (nSPS) is 11.0. The molecule has 2 heterocycles. The summed E-state index contributed by atoms with van der Waals surface area (Å²) < 4.78 is 13.9. The molecule has 0 bridgehead atoms. The summed E-state index contributed by atoms with van der Waals surface area (Å²) in [5, 5.41) is 5.93. The number of nitrogen functional groups attached to an aromatic ring is 1. The van der Waals surface area contributed by atoms with E-state index in [-0.39, 0.29) is 0 Å². The highest BCUT2D eigenvalue weighted by Crippen LogP contribution is 2.36. The standard InChI is InChI=1S/C20H16ClIN4O2/c1-27-14-5-2-12(3-6-14)11-26-20-18(19(22)25-26)17(8-9-24-20)28-16-7-4-13(23)10-15(16)21/h2-10H,11,23H2,1H3. The van der Waals surface area contributed by atoms with Gasteiger partial charge in [-0.1, -0.05) is 23.7 Å². The van der Waals surface area contributed by atoms with Gasteiger partial charge in [-0.15, -0.1) is 0 Å². The van der Waals surface area contributed by atoms with Crippen molar-refractivity contribution in [2.75, 3.05) is 12.8 Å². The second kappa shape index (κ2) is 7.84. The molecule has 4 aromatic rings. The SMILES string of the molecule is COc1ccc(Cn2nc(I)c3c(Oc4ccc(N)cc4Cl)ccnc32)cc1. The number of hydrogen-bond donors (Lipinski definition) is 1. The lowest BCUT2D eigenvalue weighted by Gasteiger charge is -2.09. The van der Waals surface area contributed by atoms with Crippen molar-refractivity contribution in [2.24, 2.45) is 0 Å². The molecule has 0 atom stereocenters. The zero-order chi connectivity index (χ0) is 19.7. The lowest BCUT2D eigenvalue weighted by molar-refractivity contribution is 0.414. The number of hydrogen-bond acceptors (Lipinski definition) is 5. The Morgan fingerprint density at radius 3 is 2.61 bits per heavy atom. The number of methoxy groups -OCH3 is 1. The molecule has 0 saturated carbocycles. The van der Waals surface area contributed by atoms with Crippen molar-refractivity contribution >= 4 is 50.9 Å². The summed E-state index contributed by atoms with van der Waals surface area (Å²) in [6, 6.07) is 14.8. The predicted octanol–water partition coefficient (Wildman–Crippen LogP) is 5.12. The van der Waals surface area contributed by atoms with Crippen molar-refractivity contribution in [3.8, 4) is 17.2 Å². The van der Waals surface area contributed by atoms with Crippen LogP contribution in [0, 0.1) is 3.70 Å². The third-order valence-electron chi connectivity index (χ3n) is 4.22. The maximum atomic E-state index is 6.25. The topological polar surface area (TPSA) is 75.2 Å². The summed E-state index contributed by atoms with van der Waals surface area (Å²) in [7, 11) is 1.65. The molecule has 0 spiro atoms. The molecule has 0 fully saturated rings. The van der Waals surface area contributed by atoms with E-state index in [1.165, 1.54) is 0 Å². The lowest BCUT2D eigenvalue weighted by Crippen LogP contribution is -2.02. The van der Waals surface area contributed by atoms with Crippen molar-refractivity contribution in [1.29, 1.82) is 0 Å². The largest absolute Gasteiger partial charge is 0.497 e. The van der Waals surface area contributed by atoms with Crippen LogP contribution in [0.3, 0.4) is 0 Å². The second-order valence-corrected chi connectivity index (χ2v) is 7.53. The smallest absolute Gasteiger partial charge is 0.163 e. The number of pyridine rings is 1. The van der Waals surface area contributed by atoms with Crippen LogP contribution in [0.15, 0.2) is 54.7 Å². The number of halogens is 2. The average Bonchev–Trinajstić information content (AvgIpc) is 3.01. The van der Waals surface area contributed by atoms with Gasteiger partial charge in [0.15, 0.2) is 5.65 Å². The first-order chi connectivity index (χ1) is 13.5. The van der Waals surface area contributed by atoms with Crippen LogP contribution in [0.4, 0.5) is 5.69 Å². The highest BCUT2D eigenvalue weighted by molar-refractivity contribution is 14.1. The lowest BCUT2D eigenvalue weighted by atomic mass is 10.2. The molecule has 0 aliphatic rings. The molecule has 6 nitrogen and oxygen atoms in total. The Labute approximate surface area is 180 Å². The molecular weight excluding hydrogens is 491 g/mol. The molecule has 8 heteroatoms. The Morgan fingerprint density at radius 1 is 1.11 bits per heavy atom. The molecule has 2 aromatic heterocycles. The summed E-state index contributed by atoms with van der Waals surface area (Å²) in [5.74, 6) is 1.99. The fraction of sp³-hybridized carbons (Fsp3) is 0.100. The zero-order valence-corrected chi connectivity index (χ0v) is 17.8. The molecule has 28 heavy (non-hydrogen) atoms. The maximum Gasteiger partial charge on any atom is 0.163 e. The number of benzene rings is 2. The predicted molar refractivity (Wildman–Crippen MR) is 118 cm³/mol. The van der Waals surface area contributed by atoms with E-state index in [1.54, 1.807) is 37.6 Å². The number of aromatic nitrogens is 3. The van der Waals surface area contributed by atoms with Gasteiger partial charge in [-0.3, -0.25) is 0 Å². The third-order valence-corrected chi connectivity index (χ3v) is 5.27. The van der Waals surface area contributed by atoms with E-state index in [4.69, 9.17) is 26.8 Å². The number of fused-ring (bicyclic) bond motifs is 1. The van der Waals surface area contributed by atoms with Gasteiger partial charge < -0.3 is 15.2 Å². The second-order valence-electron chi connectivity index (χ2n) is 6.10. The fourth-order valence-electron chi connectivity index (χ4n) is 2.84. The number of nitrogens with zero attached hydrogens (tertiary/aromatic N) is 3. The van der Waals surface area contributed by atoms with E-state index in [9.17, 15) is 0 Å². The highest BCUT2D eigenvalue weighted by Gasteiger charge is 2.16. The summed E-state index contributed by atoms with van der Waals surface area (Å²) in [4.78, 5) is 4.51. The maximum absolute atomic E-state index is 6.25. The number of nitrogens with two attached hydrogens (primary N) is 1. The van der Waals surface area contributed by atoms with Gasteiger partial charge in [0.25, 0.3) is 0 Å². The van der Waals surface area contributed by atoms with Gasteiger partial charge in [0.2, 0.25) is 0 Å².